The first-order chi connectivity index (χ1) is 13.1. The van der Waals surface area contributed by atoms with E-state index in [1.54, 1.807) is 18.2 Å². The summed E-state index contributed by atoms with van der Waals surface area (Å²) in [6, 6.07) is 11.7. The molecule has 0 aliphatic carbocycles. The molecule has 2 aromatic carbocycles. The summed E-state index contributed by atoms with van der Waals surface area (Å²) < 4.78 is 66.8. The number of rotatable bonds is 5. The second-order valence-electron chi connectivity index (χ2n) is 6.54. The third kappa shape index (κ3) is 4.76. The normalized spacial score (nSPS) is 16.1. The molecule has 4 nitrogen and oxygen atoms in total. The number of piperidine rings is 1. The largest absolute Gasteiger partial charge is 0.499 e. The Morgan fingerprint density at radius 1 is 0.964 bits per heavy atom. The van der Waals surface area contributed by atoms with Gasteiger partial charge in [0, 0.05) is 36.6 Å². The molecule has 0 saturated carbocycles. The smallest absolute Gasteiger partial charge is 0.426 e. The summed E-state index contributed by atoms with van der Waals surface area (Å²) in [6.45, 7) is 1.44. The van der Waals surface area contributed by atoms with E-state index >= 15 is 0 Å². The molecule has 1 fully saturated rings. The lowest BCUT2D eigenvalue weighted by atomic mass is 10.0. The number of ether oxygens (including phenoxy) is 1. The zero-order valence-corrected chi connectivity index (χ0v) is 14.7. The molecule has 0 unspecified atom stereocenters. The molecular formula is C19H18F5N2O2. The van der Waals surface area contributed by atoms with Gasteiger partial charge in [0.25, 0.3) is 0 Å². The fraction of sp³-hybridized carbons (Fsp3) is 0.368. The Morgan fingerprint density at radius 3 is 2.21 bits per heavy atom. The highest BCUT2D eigenvalue weighted by Crippen LogP contribution is 2.37. The lowest BCUT2D eigenvalue weighted by Crippen LogP contribution is -2.41. The Kier molecular flexibility index (Phi) is 5.53. The van der Waals surface area contributed by atoms with Gasteiger partial charge in [0.1, 0.15) is 5.75 Å². The van der Waals surface area contributed by atoms with Gasteiger partial charge in [-0.3, -0.25) is 5.11 Å². The van der Waals surface area contributed by atoms with E-state index in [2.05, 4.69) is 15.0 Å². The van der Waals surface area contributed by atoms with Crippen molar-refractivity contribution in [2.24, 2.45) is 0 Å². The van der Waals surface area contributed by atoms with E-state index in [0.29, 0.717) is 5.69 Å². The van der Waals surface area contributed by atoms with Crippen molar-refractivity contribution >= 4 is 11.4 Å². The molecule has 1 heterocycles. The van der Waals surface area contributed by atoms with Crippen LogP contribution in [0.15, 0.2) is 48.5 Å². The maximum Gasteiger partial charge on any atom is 0.499 e. The van der Waals surface area contributed by atoms with Gasteiger partial charge in [0.2, 0.25) is 0 Å². The van der Waals surface area contributed by atoms with Gasteiger partial charge in [-0.15, -0.1) is 0 Å². The third-order valence-electron chi connectivity index (χ3n) is 4.48. The number of halogens is 5. The van der Waals surface area contributed by atoms with Gasteiger partial charge in [-0.2, -0.15) is 22.0 Å². The second kappa shape index (κ2) is 7.73. The molecule has 0 amide bonds. The van der Waals surface area contributed by atoms with E-state index in [-0.39, 0.29) is 11.8 Å². The van der Waals surface area contributed by atoms with E-state index in [0.717, 1.165) is 43.8 Å². The second-order valence-corrected chi connectivity index (χ2v) is 6.54. The summed E-state index contributed by atoms with van der Waals surface area (Å²) in [5.74, 6) is -0.624. The third-order valence-corrected chi connectivity index (χ3v) is 4.48. The van der Waals surface area contributed by atoms with Crippen molar-refractivity contribution < 1.29 is 31.8 Å². The van der Waals surface area contributed by atoms with Crippen LogP contribution >= 0.6 is 0 Å². The van der Waals surface area contributed by atoms with Crippen molar-refractivity contribution in [1.82, 2.24) is 0 Å². The lowest BCUT2D eigenvalue weighted by molar-refractivity contribution is -0.360. The van der Waals surface area contributed by atoms with Crippen molar-refractivity contribution in [2.45, 2.75) is 31.2 Å². The first-order valence-corrected chi connectivity index (χ1v) is 8.66. The SMILES string of the molecule is [O]c1ccc(N2CCC(Nc3cccc(OC(F)(F)C(F)(F)F)c3)CC2)cc1. The molecule has 3 rings (SSSR count). The van der Waals surface area contributed by atoms with Crippen molar-refractivity contribution in [3.63, 3.8) is 0 Å². The molecule has 1 radical (unpaired) electrons. The summed E-state index contributed by atoms with van der Waals surface area (Å²) in [5.41, 5.74) is 1.35. The predicted octanol–water partition coefficient (Wildman–Crippen LogP) is 5.45. The molecular weight excluding hydrogens is 383 g/mol. The highest BCUT2D eigenvalue weighted by molar-refractivity contribution is 5.51. The number of alkyl halides is 5. The van der Waals surface area contributed by atoms with Crippen LogP contribution in [-0.4, -0.2) is 31.4 Å². The molecule has 0 aromatic heterocycles. The molecule has 28 heavy (non-hydrogen) atoms. The van der Waals surface area contributed by atoms with Gasteiger partial charge < -0.3 is 15.0 Å². The van der Waals surface area contributed by atoms with Crippen LogP contribution in [0.2, 0.25) is 0 Å². The van der Waals surface area contributed by atoms with Crippen LogP contribution in [0.1, 0.15) is 12.8 Å². The Balaban J connectivity index is 1.57. The molecule has 2 aromatic rings. The number of hydrogen-bond donors (Lipinski definition) is 1. The minimum atomic E-state index is -5.78. The summed E-state index contributed by atoms with van der Waals surface area (Å²) >= 11 is 0. The maximum atomic E-state index is 13.0. The minimum absolute atomic E-state index is 0.0356. The van der Waals surface area contributed by atoms with E-state index in [1.165, 1.54) is 18.2 Å². The molecule has 151 valence electrons. The lowest BCUT2D eigenvalue weighted by Gasteiger charge is -2.34. The minimum Gasteiger partial charge on any atom is -0.426 e. The predicted molar refractivity (Wildman–Crippen MR) is 93.5 cm³/mol. The monoisotopic (exact) mass is 401 g/mol. The fourth-order valence-electron chi connectivity index (χ4n) is 3.03. The zero-order chi connectivity index (χ0) is 20.4. The number of hydrogen-bond acceptors (Lipinski definition) is 3. The van der Waals surface area contributed by atoms with Gasteiger partial charge >= 0.3 is 12.3 Å². The average molecular weight is 401 g/mol. The average Bonchev–Trinajstić information content (AvgIpc) is 2.62. The molecule has 1 N–H and O–H groups in total. The fourth-order valence-corrected chi connectivity index (χ4v) is 3.03. The van der Waals surface area contributed by atoms with E-state index in [4.69, 9.17) is 0 Å². The van der Waals surface area contributed by atoms with Crippen LogP contribution < -0.4 is 15.0 Å². The van der Waals surface area contributed by atoms with E-state index in [1.807, 2.05) is 0 Å². The number of nitrogens with one attached hydrogen (secondary N) is 1. The van der Waals surface area contributed by atoms with Crippen LogP contribution in [0, 0.1) is 0 Å². The Hall–Kier alpha value is -2.71. The van der Waals surface area contributed by atoms with E-state index < -0.39 is 18.0 Å². The molecule has 9 heteroatoms. The van der Waals surface area contributed by atoms with Gasteiger partial charge in [-0.25, -0.2) is 0 Å². The number of nitrogens with zero attached hydrogens (tertiary/aromatic N) is 1. The summed E-state index contributed by atoms with van der Waals surface area (Å²) in [4.78, 5) is 2.13. The van der Waals surface area contributed by atoms with Crippen LogP contribution in [0.3, 0.4) is 0 Å². The zero-order valence-electron chi connectivity index (χ0n) is 14.7. The van der Waals surface area contributed by atoms with Gasteiger partial charge in [-0.05, 0) is 49.2 Å². The number of anilines is 2. The van der Waals surface area contributed by atoms with Crippen LogP contribution in [0.5, 0.6) is 11.5 Å². The van der Waals surface area contributed by atoms with Gasteiger partial charge in [-0.1, -0.05) is 6.07 Å². The quantitative estimate of drug-likeness (QED) is 0.678. The molecule has 1 saturated heterocycles. The number of benzene rings is 2. The summed E-state index contributed by atoms with van der Waals surface area (Å²) in [5, 5.41) is 14.3. The topological polar surface area (TPSA) is 44.4 Å². The first kappa shape index (κ1) is 20.0. The van der Waals surface area contributed by atoms with Crippen molar-refractivity contribution in [1.29, 1.82) is 0 Å². The highest BCUT2D eigenvalue weighted by Gasteiger charge is 2.61. The van der Waals surface area contributed by atoms with E-state index in [9.17, 15) is 27.1 Å². The molecule has 0 atom stereocenters. The highest BCUT2D eigenvalue weighted by atomic mass is 19.4. The maximum absolute atomic E-state index is 13.0. The standard InChI is InChI=1S/C19H18F5N2O2/c20-18(21,22)19(23,24)28-17-3-1-2-14(12-17)25-13-8-10-26(11-9-13)15-4-6-16(27)7-5-15/h1-7,12-13,25H,8-11H2. The van der Waals surface area contributed by atoms with Crippen molar-refractivity contribution in [3.05, 3.63) is 48.5 Å². The van der Waals surface area contributed by atoms with Crippen molar-refractivity contribution in [3.8, 4) is 11.5 Å². The Bertz CT molecular complexity index is 788. The Labute approximate surface area is 158 Å². The van der Waals surface area contributed by atoms with Crippen molar-refractivity contribution in [2.75, 3.05) is 23.3 Å². The summed E-state index contributed by atoms with van der Waals surface area (Å²) in [6.07, 6.45) is -9.56. The molecule has 0 spiro atoms. The Morgan fingerprint density at radius 2 is 1.61 bits per heavy atom. The molecule has 0 bridgehead atoms. The summed E-state index contributed by atoms with van der Waals surface area (Å²) in [7, 11) is 0. The van der Waals surface area contributed by atoms with Crippen LogP contribution in [-0.2, 0) is 5.11 Å². The van der Waals surface area contributed by atoms with Crippen LogP contribution in [0.25, 0.3) is 0 Å². The first-order valence-electron chi connectivity index (χ1n) is 8.66. The van der Waals surface area contributed by atoms with Crippen LogP contribution in [0.4, 0.5) is 33.3 Å². The molecule has 1 aliphatic heterocycles. The van der Waals surface area contributed by atoms with Gasteiger partial charge in [0.15, 0.2) is 5.75 Å². The van der Waals surface area contributed by atoms with Gasteiger partial charge in [0.05, 0.1) is 0 Å². The molecule has 1 aliphatic rings.